The lowest BCUT2D eigenvalue weighted by Gasteiger charge is -2.18. The van der Waals surface area contributed by atoms with Crippen molar-refractivity contribution in [1.29, 1.82) is 0 Å². The first-order chi connectivity index (χ1) is 15.7. The molecule has 2 heterocycles. The Hall–Kier alpha value is -3.93. The number of nitrogens with zero attached hydrogens (tertiary/aromatic N) is 3. The van der Waals surface area contributed by atoms with Crippen LogP contribution in [0.2, 0.25) is 0 Å². The van der Waals surface area contributed by atoms with Crippen molar-refractivity contribution in [2.45, 2.75) is 12.7 Å². The lowest BCUT2D eigenvalue weighted by atomic mass is 10.2. The van der Waals surface area contributed by atoms with Gasteiger partial charge in [-0.2, -0.15) is 13.6 Å². The van der Waals surface area contributed by atoms with Crippen molar-refractivity contribution in [3.05, 3.63) is 95.1 Å². The van der Waals surface area contributed by atoms with Gasteiger partial charge in [0.15, 0.2) is 23.1 Å². The minimum absolute atomic E-state index is 0.153. The molecule has 170 valence electrons. The van der Waals surface area contributed by atoms with Crippen LogP contribution in [0.4, 0.5) is 26.3 Å². The Kier molecular flexibility index (Phi) is 5.77. The van der Waals surface area contributed by atoms with Crippen LogP contribution in [-0.2, 0) is 17.5 Å². The van der Waals surface area contributed by atoms with Gasteiger partial charge in [-0.05, 0) is 35.9 Å². The number of pyridine rings is 1. The fraction of sp³-hybridized carbons (Fsp3) is 0.0952. The predicted molar refractivity (Wildman–Crippen MR) is 102 cm³/mol. The average molecular weight is 466 g/mol. The maximum atomic E-state index is 14.2. The van der Waals surface area contributed by atoms with Gasteiger partial charge >= 0.3 is 6.11 Å². The summed E-state index contributed by atoms with van der Waals surface area (Å²) in [6, 6.07) is 7.56. The van der Waals surface area contributed by atoms with E-state index < -0.39 is 40.8 Å². The van der Waals surface area contributed by atoms with Crippen LogP contribution in [0.15, 0.2) is 55.0 Å². The first-order valence-electron chi connectivity index (χ1n) is 9.22. The first kappa shape index (κ1) is 22.3. The third kappa shape index (κ3) is 4.37. The zero-order valence-corrected chi connectivity index (χ0v) is 16.3. The molecule has 2 aromatic heterocycles. The molecule has 1 amide bonds. The number of amides is 1. The van der Waals surface area contributed by atoms with Crippen molar-refractivity contribution in [3.8, 4) is 0 Å². The summed E-state index contributed by atoms with van der Waals surface area (Å²) in [6.07, 6.45) is -1.95. The van der Waals surface area contributed by atoms with Gasteiger partial charge in [-0.15, -0.1) is 0 Å². The zero-order chi connectivity index (χ0) is 23.8. The fourth-order valence-electron chi connectivity index (χ4n) is 3.06. The Bertz CT molecular complexity index is 1340. The van der Waals surface area contributed by atoms with E-state index in [0.29, 0.717) is 17.1 Å². The maximum absolute atomic E-state index is 14.2. The highest BCUT2D eigenvalue weighted by atomic mass is 19.3. The number of nitrogens with one attached hydrogen (secondary N) is 1. The number of rotatable bonds is 6. The zero-order valence-electron chi connectivity index (χ0n) is 16.3. The van der Waals surface area contributed by atoms with Crippen LogP contribution in [0.3, 0.4) is 0 Å². The monoisotopic (exact) mass is 466 g/mol. The van der Waals surface area contributed by atoms with Gasteiger partial charge in [0.05, 0.1) is 17.4 Å². The van der Waals surface area contributed by atoms with Crippen molar-refractivity contribution in [1.82, 2.24) is 20.0 Å². The Morgan fingerprint density at radius 2 is 1.70 bits per heavy atom. The van der Waals surface area contributed by atoms with Crippen molar-refractivity contribution < 1.29 is 36.0 Å². The SMILES string of the molecule is O=C(NOC(F)(F)c1ccc(F)c(F)c1F)c1nccc2ncn(Cc3ccc(F)cc3)c12. The number of carbonyl (C=O) groups excluding carboxylic acids is 1. The second-order valence-corrected chi connectivity index (χ2v) is 6.80. The number of carbonyl (C=O) groups is 1. The minimum Gasteiger partial charge on any atom is -0.324 e. The summed E-state index contributed by atoms with van der Waals surface area (Å²) in [5.74, 6) is -7.61. The lowest BCUT2D eigenvalue weighted by molar-refractivity contribution is -0.274. The van der Waals surface area contributed by atoms with Gasteiger partial charge in [-0.3, -0.25) is 4.79 Å². The Labute approximate surface area is 181 Å². The van der Waals surface area contributed by atoms with E-state index in [1.807, 2.05) is 0 Å². The normalized spacial score (nSPS) is 11.7. The van der Waals surface area contributed by atoms with E-state index in [0.717, 1.165) is 0 Å². The standard InChI is InChI=1S/C21H12F6N4O2/c22-12-3-1-11(2-4-12)9-31-10-29-15-7-8-28-18(19(15)31)20(32)30-33-21(26,27)13-5-6-14(23)17(25)16(13)24/h1-8,10H,9H2,(H,30,32). The van der Waals surface area contributed by atoms with Crippen LogP contribution in [0.5, 0.6) is 0 Å². The van der Waals surface area contributed by atoms with E-state index in [1.165, 1.54) is 52.9 Å². The maximum Gasteiger partial charge on any atom is 0.405 e. The Morgan fingerprint density at radius 1 is 0.970 bits per heavy atom. The number of aromatic nitrogens is 3. The van der Waals surface area contributed by atoms with E-state index >= 15 is 0 Å². The molecule has 0 aliphatic heterocycles. The topological polar surface area (TPSA) is 69.0 Å². The summed E-state index contributed by atoms with van der Waals surface area (Å²) in [7, 11) is 0. The molecule has 4 rings (SSSR count). The summed E-state index contributed by atoms with van der Waals surface area (Å²) < 4.78 is 83.1. The molecule has 0 aliphatic carbocycles. The van der Waals surface area contributed by atoms with Crippen molar-refractivity contribution in [2.24, 2.45) is 0 Å². The van der Waals surface area contributed by atoms with Gasteiger partial charge in [0.25, 0.3) is 5.91 Å². The summed E-state index contributed by atoms with van der Waals surface area (Å²) in [5.41, 5.74) is 0.599. The second kappa shape index (κ2) is 8.54. The second-order valence-electron chi connectivity index (χ2n) is 6.80. The molecule has 12 heteroatoms. The van der Waals surface area contributed by atoms with Gasteiger partial charge in [-0.1, -0.05) is 12.1 Å². The summed E-state index contributed by atoms with van der Waals surface area (Å²) in [6.45, 7) is 0.153. The van der Waals surface area contributed by atoms with Crippen molar-refractivity contribution in [2.75, 3.05) is 0 Å². The molecule has 0 atom stereocenters. The van der Waals surface area contributed by atoms with Gasteiger partial charge in [0, 0.05) is 12.7 Å². The number of fused-ring (bicyclic) bond motifs is 1. The largest absolute Gasteiger partial charge is 0.405 e. The molecule has 4 aromatic rings. The fourth-order valence-corrected chi connectivity index (χ4v) is 3.06. The quantitative estimate of drug-likeness (QED) is 0.259. The summed E-state index contributed by atoms with van der Waals surface area (Å²) >= 11 is 0. The van der Waals surface area contributed by atoms with E-state index in [2.05, 4.69) is 14.8 Å². The molecule has 0 aliphatic rings. The molecule has 0 bridgehead atoms. The number of hydroxylamine groups is 1. The van der Waals surface area contributed by atoms with E-state index in [9.17, 15) is 31.1 Å². The Balaban J connectivity index is 1.59. The van der Waals surface area contributed by atoms with Crippen LogP contribution in [0.25, 0.3) is 11.0 Å². The smallest absolute Gasteiger partial charge is 0.324 e. The number of alkyl halides is 2. The van der Waals surface area contributed by atoms with Gasteiger partial charge in [0.1, 0.15) is 11.3 Å². The molecule has 0 spiro atoms. The van der Waals surface area contributed by atoms with Crippen LogP contribution in [-0.4, -0.2) is 20.4 Å². The highest BCUT2D eigenvalue weighted by Crippen LogP contribution is 2.32. The number of halogens is 6. The van der Waals surface area contributed by atoms with E-state index in [-0.39, 0.29) is 23.8 Å². The molecule has 1 N–H and O–H groups in total. The third-order valence-electron chi connectivity index (χ3n) is 4.63. The molecule has 0 unspecified atom stereocenters. The van der Waals surface area contributed by atoms with Crippen LogP contribution >= 0.6 is 0 Å². The molecular formula is C21H12F6N4O2. The molecule has 0 fully saturated rings. The van der Waals surface area contributed by atoms with Gasteiger partial charge < -0.3 is 4.57 Å². The van der Waals surface area contributed by atoms with Gasteiger partial charge in [-0.25, -0.2) is 33.0 Å². The molecule has 6 nitrogen and oxygen atoms in total. The highest BCUT2D eigenvalue weighted by molar-refractivity contribution is 6.02. The van der Waals surface area contributed by atoms with Crippen molar-refractivity contribution >= 4 is 16.9 Å². The Morgan fingerprint density at radius 3 is 2.42 bits per heavy atom. The van der Waals surface area contributed by atoms with E-state index in [1.54, 1.807) is 0 Å². The minimum atomic E-state index is -4.53. The number of imidazole rings is 1. The van der Waals surface area contributed by atoms with E-state index in [4.69, 9.17) is 0 Å². The predicted octanol–water partition coefficient (Wildman–Crippen LogP) is 4.45. The highest BCUT2D eigenvalue weighted by Gasteiger charge is 2.39. The van der Waals surface area contributed by atoms with Crippen molar-refractivity contribution in [3.63, 3.8) is 0 Å². The molecular weight excluding hydrogens is 454 g/mol. The molecule has 0 saturated heterocycles. The van der Waals surface area contributed by atoms with Crippen LogP contribution in [0.1, 0.15) is 21.6 Å². The first-order valence-corrected chi connectivity index (χ1v) is 9.22. The van der Waals surface area contributed by atoms with Crippen LogP contribution < -0.4 is 5.48 Å². The molecule has 0 saturated carbocycles. The number of benzene rings is 2. The van der Waals surface area contributed by atoms with Crippen LogP contribution in [0, 0.1) is 23.3 Å². The number of hydrogen-bond acceptors (Lipinski definition) is 4. The van der Waals surface area contributed by atoms with Gasteiger partial charge in [0.2, 0.25) is 0 Å². The molecule has 2 aromatic carbocycles. The molecule has 33 heavy (non-hydrogen) atoms. The lowest BCUT2D eigenvalue weighted by Crippen LogP contribution is -2.34. The number of hydrogen-bond donors (Lipinski definition) is 1. The molecule has 0 radical (unpaired) electrons. The average Bonchev–Trinajstić information content (AvgIpc) is 3.20. The summed E-state index contributed by atoms with van der Waals surface area (Å²) in [5, 5.41) is 0. The third-order valence-corrected chi connectivity index (χ3v) is 4.63. The summed E-state index contributed by atoms with van der Waals surface area (Å²) in [4.78, 5) is 24.6.